The van der Waals surface area contributed by atoms with Crippen molar-refractivity contribution < 1.29 is 29.3 Å². The summed E-state index contributed by atoms with van der Waals surface area (Å²) in [6, 6.07) is 18.1. The van der Waals surface area contributed by atoms with E-state index in [-0.39, 0.29) is 12.3 Å². The van der Waals surface area contributed by atoms with Crippen LogP contribution in [0.3, 0.4) is 0 Å². The lowest BCUT2D eigenvalue weighted by atomic mass is 10.0. The van der Waals surface area contributed by atoms with Crippen LogP contribution in [0.15, 0.2) is 66.7 Å². The average molecular weight is 450 g/mol. The number of benzene rings is 3. The summed E-state index contributed by atoms with van der Waals surface area (Å²) in [5, 5.41) is 32.8. The number of halogens is 1. The van der Waals surface area contributed by atoms with Crippen molar-refractivity contribution in [1.82, 2.24) is 10.2 Å². The molecule has 3 aromatic carbocycles. The Bertz CT molecular complexity index is 1160. The van der Waals surface area contributed by atoms with Crippen molar-refractivity contribution in [2.45, 2.75) is 31.8 Å². The number of carbonyl (C=O) groups is 2. The summed E-state index contributed by atoms with van der Waals surface area (Å²) in [5.41, 5.74) is 3.75. The van der Waals surface area contributed by atoms with E-state index in [0.717, 1.165) is 17.2 Å². The zero-order valence-corrected chi connectivity index (χ0v) is 17.6. The number of rotatable bonds is 6. The Hall–Kier alpha value is -3.75. The van der Waals surface area contributed by atoms with E-state index < -0.39 is 29.8 Å². The highest BCUT2D eigenvalue weighted by Gasteiger charge is 2.35. The van der Waals surface area contributed by atoms with Gasteiger partial charge in [-0.05, 0) is 34.4 Å². The van der Waals surface area contributed by atoms with Gasteiger partial charge in [0.15, 0.2) is 12.2 Å². The van der Waals surface area contributed by atoms with Crippen molar-refractivity contribution in [3.8, 4) is 16.9 Å². The van der Waals surface area contributed by atoms with Gasteiger partial charge in [0.25, 0.3) is 11.8 Å². The minimum Gasteiger partial charge on any atom is -0.507 e. The third kappa shape index (κ3) is 4.87. The maximum atomic E-state index is 13.2. The molecule has 2 atom stereocenters. The number of hydrogen-bond acceptors (Lipinski definition) is 5. The van der Waals surface area contributed by atoms with Crippen LogP contribution in [-0.2, 0) is 29.2 Å². The standard InChI is InChI=1S/C25H23FN2O5/c26-19-9-10-20(21(29)11-19)16-7-5-15(6-8-16)12-27-24(32)22(30)23(31)25(33)28-13-17-3-1-2-4-18(17)14-28/h1-11,22-23,29-31H,12-14H2,(H,27,32)/t22-,23-/m1/s1. The highest BCUT2D eigenvalue weighted by Crippen LogP contribution is 2.29. The molecule has 1 heterocycles. The molecule has 0 radical (unpaired) electrons. The molecule has 3 aromatic rings. The van der Waals surface area contributed by atoms with E-state index in [2.05, 4.69) is 5.32 Å². The molecule has 0 bridgehead atoms. The quantitative estimate of drug-likeness (QED) is 0.460. The minimum absolute atomic E-state index is 0.0572. The maximum Gasteiger partial charge on any atom is 0.255 e. The van der Waals surface area contributed by atoms with Crippen LogP contribution in [0.2, 0.25) is 0 Å². The van der Waals surface area contributed by atoms with Crippen LogP contribution < -0.4 is 5.32 Å². The number of aliphatic hydroxyl groups is 2. The number of amides is 2. The smallest absolute Gasteiger partial charge is 0.255 e. The van der Waals surface area contributed by atoms with Crippen molar-refractivity contribution >= 4 is 11.8 Å². The van der Waals surface area contributed by atoms with Crippen LogP contribution in [0.25, 0.3) is 11.1 Å². The second-order valence-electron chi connectivity index (χ2n) is 7.93. The minimum atomic E-state index is -1.91. The Labute approximate surface area is 189 Å². The summed E-state index contributed by atoms with van der Waals surface area (Å²) in [5.74, 6) is -2.30. The summed E-state index contributed by atoms with van der Waals surface area (Å²) in [6.45, 7) is 0.689. The van der Waals surface area contributed by atoms with Gasteiger partial charge in [-0.3, -0.25) is 9.59 Å². The molecule has 170 valence electrons. The van der Waals surface area contributed by atoms with Gasteiger partial charge in [-0.25, -0.2) is 4.39 Å². The van der Waals surface area contributed by atoms with Crippen molar-refractivity contribution in [3.05, 3.63) is 89.2 Å². The van der Waals surface area contributed by atoms with Gasteiger partial charge in [0.2, 0.25) is 0 Å². The second-order valence-corrected chi connectivity index (χ2v) is 7.93. The number of phenolic OH excluding ortho intramolecular Hbond substituents is 1. The zero-order chi connectivity index (χ0) is 23.5. The first-order chi connectivity index (χ1) is 15.8. The summed E-state index contributed by atoms with van der Waals surface area (Å²) >= 11 is 0. The van der Waals surface area contributed by atoms with Crippen LogP contribution in [-0.4, -0.2) is 44.2 Å². The molecule has 2 amide bonds. The number of nitrogens with one attached hydrogen (secondary N) is 1. The number of hydrogen-bond donors (Lipinski definition) is 4. The van der Waals surface area contributed by atoms with Crippen LogP contribution in [0.1, 0.15) is 16.7 Å². The predicted molar refractivity (Wildman–Crippen MR) is 118 cm³/mol. The molecule has 0 spiro atoms. The number of carbonyl (C=O) groups excluding carboxylic acids is 2. The zero-order valence-electron chi connectivity index (χ0n) is 17.6. The first-order valence-corrected chi connectivity index (χ1v) is 10.4. The number of aliphatic hydroxyl groups excluding tert-OH is 2. The van der Waals surface area contributed by atoms with E-state index in [1.807, 2.05) is 24.3 Å². The van der Waals surface area contributed by atoms with E-state index in [9.17, 15) is 29.3 Å². The average Bonchev–Trinajstić information content (AvgIpc) is 3.26. The topological polar surface area (TPSA) is 110 Å². The Kier molecular flexibility index (Phi) is 6.39. The van der Waals surface area contributed by atoms with E-state index in [1.165, 1.54) is 17.0 Å². The van der Waals surface area contributed by atoms with Gasteiger partial charge in [0, 0.05) is 31.3 Å². The summed E-state index contributed by atoms with van der Waals surface area (Å²) < 4.78 is 13.2. The molecular weight excluding hydrogens is 427 g/mol. The lowest BCUT2D eigenvalue weighted by Crippen LogP contribution is -2.49. The lowest BCUT2D eigenvalue weighted by Gasteiger charge is -2.22. The van der Waals surface area contributed by atoms with E-state index in [4.69, 9.17) is 0 Å². The Morgan fingerprint density at radius 1 is 0.939 bits per heavy atom. The number of fused-ring (bicyclic) bond motifs is 1. The molecule has 7 nitrogen and oxygen atoms in total. The monoisotopic (exact) mass is 450 g/mol. The van der Waals surface area contributed by atoms with Gasteiger partial charge >= 0.3 is 0 Å². The molecule has 8 heteroatoms. The van der Waals surface area contributed by atoms with Gasteiger partial charge in [-0.15, -0.1) is 0 Å². The fraction of sp³-hybridized carbons (Fsp3) is 0.200. The van der Waals surface area contributed by atoms with Gasteiger partial charge < -0.3 is 25.5 Å². The highest BCUT2D eigenvalue weighted by atomic mass is 19.1. The van der Waals surface area contributed by atoms with Crippen LogP contribution in [0.4, 0.5) is 4.39 Å². The molecule has 4 rings (SSSR count). The van der Waals surface area contributed by atoms with Gasteiger partial charge in [-0.1, -0.05) is 48.5 Å². The first kappa shape index (κ1) is 22.4. The van der Waals surface area contributed by atoms with Crippen molar-refractivity contribution in [1.29, 1.82) is 0 Å². The van der Waals surface area contributed by atoms with Crippen molar-refractivity contribution in [2.75, 3.05) is 0 Å². The summed E-state index contributed by atoms with van der Waals surface area (Å²) in [4.78, 5) is 26.2. The Morgan fingerprint density at radius 2 is 1.58 bits per heavy atom. The molecule has 0 saturated carbocycles. The fourth-order valence-electron chi connectivity index (χ4n) is 3.80. The third-order valence-corrected chi connectivity index (χ3v) is 5.66. The SMILES string of the molecule is O=C(NCc1ccc(-c2ccc(F)cc2O)cc1)[C@H](O)[C@@H](O)C(=O)N1Cc2ccccc2C1. The lowest BCUT2D eigenvalue weighted by molar-refractivity contribution is -0.153. The van der Waals surface area contributed by atoms with E-state index in [1.54, 1.807) is 24.3 Å². The fourth-order valence-corrected chi connectivity index (χ4v) is 3.80. The Balaban J connectivity index is 1.32. The molecule has 0 aromatic heterocycles. The Morgan fingerprint density at radius 3 is 2.18 bits per heavy atom. The molecule has 1 aliphatic heterocycles. The van der Waals surface area contributed by atoms with Gasteiger partial charge in [0.05, 0.1) is 0 Å². The molecule has 0 saturated heterocycles. The molecule has 0 aliphatic carbocycles. The number of phenols is 1. The van der Waals surface area contributed by atoms with E-state index in [0.29, 0.717) is 29.8 Å². The summed E-state index contributed by atoms with van der Waals surface area (Å²) in [6.07, 6.45) is -3.78. The number of aromatic hydroxyl groups is 1. The van der Waals surface area contributed by atoms with E-state index >= 15 is 0 Å². The molecular formula is C25H23FN2O5. The molecule has 33 heavy (non-hydrogen) atoms. The predicted octanol–water partition coefficient (Wildman–Crippen LogP) is 2.08. The van der Waals surface area contributed by atoms with Crippen LogP contribution >= 0.6 is 0 Å². The molecule has 1 aliphatic rings. The first-order valence-electron chi connectivity index (χ1n) is 10.4. The highest BCUT2D eigenvalue weighted by molar-refractivity contribution is 5.91. The molecule has 0 unspecified atom stereocenters. The molecule has 4 N–H and O–H groups in total. The molecule has 0 fully saturated rings. The van der Waals surface area contributed by atoms with Crippen LogP contribution in [0, 0.1) is 5.82 Å². The van der Waals surface area contributed by atoms with Crippen LogP contribution in [0.5, 0.6) is 5.75 Å². The van der Waals surface area contributed by atoms with Gasteiger partial charge in [-0.2, -0.15) is 0 Å². The second kappa shape index (κ2) is 9.40. The summed E-state index contributed by atoms with van der Waals surface area (Å²) in [7, 11) is 0. The number of nitrogens with zero attached hydrogens (tertiary/aromatic N) is 1. The van der Waals surface area contributed by atoms with Crippen molar-refractivity contribution in [3.63, 3.8) is 0 Å². The maximum absolute atomic E-state index is 13.2. The van der Waals surface area contributed by atoms with Crippen molar-refractivity contribution in [2.24, 2.45) is 0 Å². The van der Waals surface area contributed by atoms with Gasteiger partial charge in [0.1, 0.15) is 11.6 Å². The largest absolute Gasteiger partial charge is 0.507 e. The third-order valence-electron chi connectivity index (χ3n) is 5.66. The normalized spacial score (nSPS) is 14.5.